The van der Waals surface area contributed by atoms with Crippen molar-refractivity contribution in [2.45, 2.75) is 26.1 Å². The van der Waals surface area contributed by atoms with Crippen LogP contribution in [0, 0.1) is 6.92 Å². The van der Waals surface area contributed by atoms with Gasteiger partial charge in [-0.3, -0.25) is 4.98 Å². The summed E-state index contributed by atoms with van der Waals surface area (Å²) in [6.07, 6.45) is 2.65. The van der Waals surface area contributed by atoms with Crippen molar-refractivity contribution in [1.82, 2.24) is 4.98 Å². The number of hydrogen-bond acceptors (Lipinski definition) is 4. The average Bonchev–Trinajstić information content (AvgIpc) is 2.65. The molecule has 1 aromatic heterocycles. The maximum atomic E-state index is 5.53. The van der Waals surface area contributed by atoms with Gasteiger partial charge in [0, 0.05) is 30.5 Å². The standard InChI is InChI=1S/C12H18N2O2/c1-10-9-11(3-5-13-10)14-6-4-12(2)15-7-8-16-12/h3,5,9H,4,6-8H2,1-2H3,(H,13,14). The van der Waals surface area contributed by atoms with E-state index in [-0.39, 0.29) is 0 Å². The molecule has 0 amide bonds. The van der Waals surface area contributed by atoms with Gasteiger partial charge in [0.15, 0.2) is 5.79 Å². The van der Waals surface area contributed by atoms with Crippen molar-refractivity contribution in [1.29, 1.82) is 0 Å². The zero-order valence-electron chi connectivity index (χ0n) is 9.82. The van der Waals surface area contributed by atoms with E-state index >= 15 is 0 Å². The molecule has 0 spiro atoms. The molecular weight excluding hydrogens is 204 g/mol. The van der Waals surface area contributed by atoms with Crippen LogP contribution in [0.4, 0.5) is 5.69 Å². The minimum atomic E-state index is -0.408. The molecule has 0 aliphatic carbocycles. The molecule has 16 heavy (non-hydrogen) atoms. The Bertz CT molecular complexity index is 349. The second-order valence-electron chi connectivity index (χ2n) is 4.19. The Morgan fingerprint density at radius 3 is 2.88 bits per heavy atom. The molecule has 1 N–H and O–H groups in total. The summed E-state index contributed by atoms with van der Waals surface area (Å²) in [4.78, 5) is 4.15. The molecular formula is C12H18N2O2. The third kappa shape index (κ3) is 2.93. The highest BCUT2D eigenvalue weighted by molar-refractivity contribution is 5.42. The minimum absolute atomic E-state index is 0.408. The Labute approximate surface area is 96.0 Å². The van der Waals surface area contributed by atoms with E-state index in [0.717, 1.165) is 24.3 Å². The van der Waals surface area contributed by atoms with Crippen molar-refractivity contribution >= 4 is 5.69 Å². The van der Waals surface area contributed by atoms with Crippen LogP contribution in [0.5, 0.6) is 0 Å². The molecule has 1 aromatic rings. The smallest absolute Gasteiger partial charge is 0.167 e. The van der Waals surface area contributed by atoms with E-state index < -0.39 is 5.79 Å². The predicted octanol–water partition coefficient (Wildman–Crippen LogP) is 1.96. The molecule has 0 radical (unpaired) electrons. The summed E-state index contributed by atoms with van der Waals surface area (Å²) in [6.45, 7) is 6.20. The quantitative estimate of drug-likeness (QED) is 0.845. The molecule has 0 unspecified atom stereocenters. The van der Waals surface area contributed by atoms with Gasteiger partial charge in [0.2, 0.25) is 0 Å². The van der Waals surface area contributed by atoms with Gasteiger partial charge in [-0.1, -0.05) is 0 Å². The second-order valence-corrected chi connectivity index (χ2v) is 4.19. The molecule has 0 bridgehead atoms. The van der Waals surface area contributed by atoms with E-state index in [1.807, 2.05) is 32.2 Å². The lowest BCUT2D eigenvalue weighted by molar-refractivity contribution is -0.144. The number of pyridine rings is 1. The highest BCUT2D eigenvalue weighted by atomic mass is 16.7. The number of rotatable bonds is 4. The van der Waals surface area contributed by atoms with Gasteiger partial charge in [0.05, 0.1) is 13.2 Å². The van der Waals surface area contributed by atoms with Crippen LogP contribution in [0.1, 0.15) is 19.0 Å². The summed E-state index contributed by atoms with van der Waals surface area (Å²) in [5.74, 6) is -0.408. The number of aromatic nitrogens is 1. The zero-order valence-corrected chi connectivity index (χ0v) is 9.82. The monoisotopic (exact) mass is 222 g/mol. The third-order valence-electron chi connectivity index (χ3n) is 2.70. The number of ether oxygens (including phenoxy) is 2. The summed E-state index contributed by atoms with van der Waals surface area (Å²) in [5.41, 5.74) is 2.11. The number of nitrogens with zero attached hydrogens (tertiary/aromatic N) is 1. The average molecular weight is 222 g/mol. The summed E-state index contributed by atoms with van der Waals surface area (Å²) >= 11 is 0. The molecule has 1 aliphatic heterocycles. The minimum Gasteiger partial charge on any atom is -0.385 e. The van der Waals surface area contributed by atoms with E-state index in [1.165, 1.54) is 0 Å². The Morgan fingerprint density at radius 1 is 1.44 bits per heavy atom. The SMILES string of the molecule is Cc1cc(NCCC2(C)OCCO2)ccn1. The Hall–Kier alpha value is -1.13. The van der Waals surface area contributed by atoms with E-state index in [1.54, 1.807) is 0 Å². The number of anilines is 1. The van der Waals surface area contributed by atoms with E-state index in [4.69, 9.17) is 9.47 Å². The molecule has 4 heteroatoms. The molecule has 1 aliphatic rings. The first-order chi connectivity index (χ1) is 7.68. The zero-order chi connectivity index (χ0) is 11.4. The van der Waals surface area contributed by atoms with Crippen LogP contribution in [0.3, 0.4) is 0 Å². The van der Waals surface area contributed by atoms with Crippen LogP contribution in [-0.4, -0.2) is 30.5 Å². The fraction of sp³-hybridized carbons (Fsp3) is 0.583. The Balaban J connectivity index is 1.79. The van der Waals surface area contributed by atoms with E-state index in [0.29, 0.717) is 13.2 Å². The first-order valence-electron chi connectivity index (χ1n) is 5.62. The van der Waals surface area contributed by atoms with E-state index in [2.05, 4.69) is 10.3 Å². The van der Waals surface area contributed by atoms with Crippen molar-refractivity contribution in [2.75, 3.05) is 25.1 Å². The lowest BCUT2D eigenvalue weighted by Crippen LogP contribution is -2.28. The predicted molar refractivity (Wildman–Crippen MR) is 62.4 cm³/mol. The lowest BCUT2D eigenvalue weighted by Gasteiger charge is -2.22. The first kappa shape index (κ1) is 11.4. The maximum Gasteiger partial charge on any atom is 0.167 e. The molecule has 2 heterocycles. The number of nitrogens with one attached hydrogen (secondary N) is 1. The van der Waals surface area contributed by atoms with Crippen molar-refractivity contribution in [3.8, 4) is 0 Å². The summed E-state index contributed by atoms with van der Waals surface area (Å²) in [5, 5.41) is 3.34. The van der Waals surface area contributed by atoms with Gasteiger partial charge < -0.3 is 14.8 Å². The third-order valence-corrected chi connectivity index (χ3v) is 2.70. The second kappa shape index (κ2) is 4.80. The van der Waals surface area contributed by atoms with Gasteiger partial charge in [0.25, 0.3) is 0 Å². The largest absolute Gasteiger partial charge is 0.385 e. The fourth-order valence-electron chi connectivity index (χ4n) is 1.79. The number of aryl methyl sites for hydroxylation is 1. The van der Waals surface area contributed by atoms with Crippen LogP contribution in [0.25, 0.3) is 0 Å². The van der Waals surface area contributed by atoms with Crippen molar-refractivity contribution < 1.29 is 9.47 Å². The van der Waals surface area contributed by atoms with Gasteiger partial charge >= 0.3 is 0 Å². The summed E-state index contributed by atoms with van der Waals surface area (Å²) < 4.78 is 11.1. The van der Waals surface area contributed by atoms with Crippen LogP contribution in [0.15, 0.2) is 18.3 Å². The van der Waals surface area contributed by atoms with Crippen molar-refractivity contribution in [3.05, 3.63) is 24.0 Å². The molecule has 1 fully saturated rings. The topological polar surface area (TPSA) is 43.4 Å². The molecule has 4 nitrogen and oxygen atoms in total. The van der Waals surface area contributed by atoms with Gasteiger partial charge in [-0.05, 0) is 26.0 Å². The normalized spacial score (nSPS) is 18.6. The lowest BCUT2D eigenvalue weighted by atomic mass is 10.2. The Morgan fingerprint density at radius 2 is 2.19 bits per heavy atom. The summed E-state index contributed by atoms with van der Waals surface area (Å²) in [6, 6.07) is 3.99. The maximum absolute atomic E-state index is 5.53. The van der Waals surface area contributed by atoms with Crippen LogP contribution >= 0.6 is 0 Å². The van der Waals surface area contributed by atoms with Crippen LogP contribution in [-0.2, 0) is 9.47 Å². The fourth-order valence-corrected chi connectivity index (χ4v) is 1.79. The van der Waals surface area contributed by atoms with Crippen LogP contribution < -0.4 is 5.32 Å². The molecule has 0 aromatic carbocycles. The van der Waals surface area contributed by atoms with Gasteiger partial charge in [-0.2, -0.15) is 0 Å². The van der Waals surface area contributed by atoms with Crippen LogP contribution in [0.2, 0.25) is 0 Å². The molecule has 2 rings (SSSR count). The molecule has 88 valence electrons. The van der Waals surface area contributed by atoms with Crippen molar-refractivity contribution in [3.63, 3.8) is 0 Å². The summed E-state index contributed by atoms with van der Waals surface area (Å²) in [7, 11) is 0. The highest BCUT2D eigenvalue weighted by Gasteiger charge is 2.29. The van der Waals surface area contributed by atoms with Gasteiger partial charge in [0.1, 0.15) is 0 Å². The number of hydrogen-bond donors (Lipinski definition) is 1. The Kier molecular flexibility index (Phi) is 3.41. The van der Waals surface area contributed by atoms with Crippen molar-refractivity contribution in [2.24, 2.45) is 0 Å². The van der Waals surface area contributed by atoms with E-state index in [9.17, 15) is 0 Å². The molecule has 0 saturated carbocycles. The first-order valence-corrected chi connectivity index (χ1v) is 5.62. The molecule has 0 atom stereocenters. The van der Waals surface area contributed by atoms with Gasteiger partial charge in [-0.15, -0.1) is 0 Å². The molecule has 1 saturated heterocycles. The highest BCUT2D eigenvalue weighted by Crippen LogP contribution is 2.22. The van der Waals surface area contributed by atoms with Gasteiger partial charge in [-0.25, -0.2) is 0 Å².